The summed E-state index contributed by atoms with van der Waals surface area (Å²) in [4.78, 5) is 2.42. The second kappa shape index (κ2) is 8.09. The number of piperazine rings is 1. The lowest BCUT2D eigenvalue weighted by atomic mass is 10.0. The number of hydrogen-bond acceptors (Lipinski definition) is 4. The van der Waals surface area contributed by atoms with E-state index in [4.69, 9.17) is 4.74 Å². The molecule has 0 atom stereocenters. The summed E-state index contributed by atoms with van der Waals surface area (Å²) in [6, 6.07) is 9.85. The third-order valence-corrected chi connectivity index (χ3v) is 7.24. The van der Waals surface area contributed by atoms with Gasteiger partial charge < -0.3 is 9.64 Å². The van der Waals surface area contributed by atoms with E-state index in [0.717, 1.165) is 11.3 Å². The van der Waals surface area contributed by atoms with Gasteiger partial charge >= 0.3 is 0 Å². The third kappa shape index (κ3) is 4.00. The van der Waals surface area contributed by atoms with Crippen molar-refractivity contribution in [1.82, 2.24) is 4.31 Å². The molecule has 28 heavy (non-hydrogen) atoms. The Morgan fingerprint density at radius 2 is 1.64 bits per heavy atom. The molecule has 0 bridgehead atoms. The molecule has 1 heterocycles. The van der Waals surface area contributed by atoms with E-state index in [-0.39, 0.29) is 11.7 Å². The largest absolute Gasteiger partial charge is 0.496 e. The predicted molar refractivity (Wildman–Crippen MR) is 109 cm³/mol. The van der Waals surface area contributed by atoms with E-state index in [1.807, 2.05) is 13.8 Å². The van der Waals surface area contributed by atoms with Crippen LogP contribution in [0.15, 0.2) is 41.3 Å². The molecule has 5 nitrogen and oxygen atoms in total. The average molecular weight is 407 g/mol. The quantitative estimate of drug-likeness (QED) is 0.758. The second-order valence-electron chi connectivity index (χ2n) is 7.38. The molecule has 1 saturated heterocycles. The van der Waals surface area contributed by atoms with Gasteiger partial charge in [0.25, 0.3) is 0 Å². The lowest BCUT2D eigenvalue weighted by Crippen LogP contribution is -2.48. The van der Waals surface area contributed by atoms with E-state index in [1.165, 1.54) is 16.4 Å². The third-order valence-electron chi connectivity index (χ3n) is 5.20. The van der Waals surface area contributed by atoms with E-state index >= 15 is 0 Å². The van der Waals surface area contributed by atoms with Gasteiger partial charge in [0.2, 0.25) is 10.0 Å². The number of nitrogens with zero attached hydrogens (tertiary/aromatic N) is 2. The van der Waals surface area contributed by atoms with Crippen LogP contribution in [0.4, 0.5) is 10.1 Å². The van der Waals surface area contributed by atoms with Crippen molar-refractivity contribution in [3.8, 4) is 5.75 Å². The number of benzene rings is 2. The smallest absolute Gasteiger partial charge is 0.243 e. The Morgan fingerprint density at radius 1 is 1.04 bits per heavy atom. The predicted octanol–water partition coefficient (Wildman–Crippen LogP) is 3.78. The van der Waals surface area contributed by atoms with Crippen LogP contribution in [-0.2, 0) is 10.0 Å². The fraction of sp³-hybridized carbons (Fsp3) is 0.429. The standard InChI is InChI=1S/C21H27FN2O3S/c1-15(2)19-14-21(16(3)13-20(19)27-4)28(25,26)24-11-9-23(10-12-24)18-7-5-17(22)6-8-18/h5-8,13-15H,9-12H2,1-4H3. The molecule has 0 radical (unpaired) electrons. The molecule has 0 aromatic heterocycles. The Hall–Kier alpha value is -2.12. The molecule has 1 aliphatic rings. The molecular weight excluding hydrogens is 379 g/mol. The molecule has 1 aliphatic heterocycles. The topological polar surface area (TPSA) is 49.9 Å². The zero-order chi connectivity index (χ0) is 20.5. The Kier molecular flexibility index (Phi) is 5.95. The van der Waals surface area contributed by atoms with Crippen LogP contribution < -0.4 is 9.64 Å². The summed E-state index contributed by atoms with van der Waals surface area (Å²) in [6.45, 7) is 7.75. The van der Waals surface area contributed by atoms with Gasteiger partial charge in [-0.05, 0) is 60.4 Å². The van der Waals surface area contributed by atoms with Gasteiger partial charge in [-0.2, -0.15) is 4.31 Å². The summed E-state index contributed by atoms with van der Waals surface area (Å²) in [7, 11) is -1.99. The highest BCUT2D eigenvalue weighted by molar-refractivity contribution is 7.89. The van der Waals surface area contributed by atoms with Crippen molar-refractivity contribution in [1.29, 1.82) is 0 Å². The molecule has 3 rings (SSSR count). The van der Waals surface area contributed by atoms with Crippen LogP contribution in [0.3, 0.4) is 0 Å². The molecular formula is C21H27FN2O3S. The van der Waals surface area contributed by atoms with E-state index in [2.05, 4.69) is 4.90 Å². The maximum Gasteiger partial charge on any atom is 0.243 e. The minimum absolute atomic E-state index is 0.153. The van der Waals surface area contributed by atoms with Crippen molar-refractivity contribution < 1.29 is 17.5 Å². The summed E-state index contributed by atoms with van der Waals surface area (Å²) < 4.78 is 46.7. The van der Waals surface area contributed by atoms with Crippen molar-refractivity contribution in [3.05, 3.63) is 53.3 Å². The fourth-order valence-electron chi connectivity index (χ4n) is 3.56. The van der Waals surface area contributed by atoms with Gasteiger partial charge in [0.15, 0.2) is 0 Å². The van der Waals surface area contributed by atoms with Crippen LogP contribution in [-0.4, -0.2) is 46.0 Å². The second-order valence-corrected chi connectivity index (χ2v) is 9.29. The Bertz CT molecular complexity index is 935. The van der Waals surface area contributed by atoms with Gasteiger partial charge in [0.1, 0.15) is 11.6 Å². The summed E-state index contributed by atoms with van der Waals surface area (Å²) in [6.07, 6.45) is 0. The summed E-state index contributed by atoms with van der Waals surface area (Å²) in [5.41, 5.74) is 2.47. The van der Waals surface area contributed by atoms with Crippen LogP contribution in [0.1, 0.15) is 30.9 Å². The lowest BCUT2D eigenvalue weighted by molar-refractivity contribution is 0.384. The summed E-state index contributed by atoms with van der Waals surface area (Å²) in [5, 5.41) is 0. The van der Waals surface area contributed by atoms with Crippen molar-refractivity contribution in [2.24, 2.45) is 0 Å². The molecule has 2 aromatic carbocycles. The van der Waals surface area contributed by atoms with Gasteiger partial charge in [0.05, 0.1) is 12.0 Å². The lowest BCUT2D eigenvalue weighted by Gasteiger charge is -2.35. The van der Waals surface area contributed by atoms with Gasteiger partial charge in [-0.3, -0.25) is 0 Å². The van der Waals surface area contributed by atoms with Crippen LogP contribution in [0.25, 0.3) is 0 Å². The van der Waals surface area contributed by atoms with E-state index in [1.54, 1.807) is 38.3 Å². The van der Waals surface area contributed by atoms with Gasteiger partial charge in [-0.25, -0.2) is 12.8 Å². The zero-order valence-electron chi connectivity index (χ0n) is 16.8. The molecule has 0 N–H and O–H groups in total. The number of anilines is 1. The Balaban J connectivity index is 1.82. The normalized spacial score (nSPS) is 15.9. The average Bonchev–Trinajstić information content (AvgIpc) is 2.68. The summed E-state index contributed by atoms with van der Waals surface area (Å²) in [5.74, 6) is 0.591. The number of rotatable bonds is 5. The maximum absolute atomic E-state index is 13.3. The van der Waals surface area contributed by atoms with Gasteiger partial charge in [-0.15, -0.1) is 0 Å². The molecule has 7 heteroatoms. The Morgan fingerprint density at radius 3 is 2.18 bits per heavy atom. The summed E-state index contributed by atoms with van der Waals surface area (Å²) >= 11 is 0. The molecule has 0 aliphatic carbocycles. The van der Waals surface area contributed by atoms with Gasteiger partial charge in [-0.1, -0.05) is 13.8 Å². The van der Waals surface area contributed by atoms with E-state index in [9.17, 15) is 12.8 Å². The maximum atomic E-state index is 13.3. The van der Waals surface area contributed by atoms with Crippen molar-refractivity contribution in [3.63, 3.8) is 0 Å². The first kappa shape index (κ1) is 20.6. The molecule has 0 spiro atoms. The van der Waals surface area contributed by atoms with Crippen molar-refractivity contribution in [2.75, 3.05) is 38.2 Å². The first-order chi connectivity index (χ1) is 13.2. The monoisotopic (exact) mass is 406 g/mol. The molecule has 1 fully saturated rings. The molecule has 0 amide bonds. The molecule has 2 aromatic rings. The molecule has 0 saturated carbocycles. The van der Waals surface area contributed by atoms with E-state index < -0.39 is 10.0 Å². The number of ether oxygens (including phenoxy) is 1. The number of hydrogen-bond donors (Lipinski definition) is 0. The van der Waals surface area contributed by atoms with Crippen LogP contribution in [0.2, 0.25) is 0 Å². The molecule has 0 unspecified atom stereocenters. The highest BCUT2D eigenvalue weighted by Gasteiger charge is 2.30. The first-order valence-electron chi connectivity index (χ1n) is 9.43. The minimum atomic E-state index is -3.59. The highest BCUT2D eigenvalue weighted by atomic mass is 32.2. The number of methoxy groups -OCH3 is 1. The fourth-order valence-corrected chi connectivity index (χ4v) is 5.22. The van der Waals surface area contributed by atoms with E-state index in [0.29, 0.717) is 42.4 Å². The Labute approximate surface area is 166 Å². The number of sulfonamides is 1. The van der Waals surface area contributed by atoms with Crippen molar-refractivity contribution >= 4 is 15.7 Å². The molecule has 152 valence electrons. The van der Waals surface area contributed by atoms with Crippen LogP contribution >= 0.6 is 0 Å². The first-order valence-corrected chi connectivity index (χ1v) is 10.9. The van der Waals surface area contributed by atoms with Gasteiger partial charge in [0, 0.05) is 31.9 Å². The highest BCUT2D eigenvalue weighted by Crippen LogP contribution is 2.33. The minimum Gasteiger partial charge on any atom is -0.496 e. The van der Waals surface area contributed by atoms with Crippen molar-refractivity contribution in [2.45, 2.75) is 31.6 Å². The van der Waals surface area contributed by atoms with Crippen LogP contribution in [0.5, 0.6) is 5.75 Å². The number of aryl methyl sites for hydroxylation is 1. The zero-order valence-corrected chi connectivity index (χ0v) is 17.6. The number of halogens is 1. The SMILES string of the molecule is COc1cc(C)c(S(=O)(=O)N2CCN(c3ccc(F)cc3)CC2)cc1C(C)C. The van der Waals surface area contributed by atoms with Crippen LogP contribution in [0, 0.1) is 12.7 Å².